The zero-order chi connectivity index (χ0) is 9.84. The Morgan fingerprint density at radius 2 is 1.85 bits per heavy atom. The molecular formula is C10H17NO2. The molecule has 0 radical (unpaired) electrons. The zero-order valence-corrected chi connectivity index (χ0v) is 8.38. The van der Waals surface area contributed by atoms with E-state index < -0.39 is 0 Å². The Hall–Kier alpha value is -0.700. The molecule has 0 spiro atoms. The molecule has 0 N–H and O–H groups in total. The Balaban J connectivity index is 2.36. The van der Waals surface area contributed by atoms with E-state index in [9.17, 15) is 9.59 Å². The average Bonchev–Trinajstić information content (AvgIpc) is 2.04. The first-order chi connectivity index (χ1) is 6.09. The molecule has 0 saturated carbocycles. The Labute approximate surface area is 79.1 Å². The molecule has 1 aliphatic heterocycles. The Bertz CT molecular complexity index is 205. The fraction of sp³-hybridized carbons (Fsp3) is 0.800. The van der Waals surface area contributed by atoms with Crippen molar-refractivity contribution in [2.75, 3.05) is 20.1 Å². The van der Waals surface area contributed by atoms with Gasteiger partial charge in [-0.15, -0.1) is 0 Å². The predicted molar refractivity (Wildman–Crippen MR) is 50.5 cm³/mol. The largest absolute Gasteiger partial charge is 0.306 e. The van der Waals surface area contributed by atoms with Crippen LogP contribution in [0.1, 0.15) is 26.2 Å². The summed E-state index contributed by atoms with van der Waals surface area (Å²) in [4.78, 5) is 24.4. The molecule has 1 aliphatic rings. The lowest BCUT2D eigenvalue weighted by molar-refractivity contribution is -0.129. The van der Waals surface area contributed by atoms with Gasteiger partial charge in [-0.3, -0.25) is 9.59 Å². The molecular weight excluding hydrogens is 166 g/mol. The maximum absolute atomic E-state index is 11.5. The third kappa shape index (κ3) is 3.27. The van der Waals surface area contributed by atoms with E-state index in [-0.39, 0.29) is 23.9 Å². The van der Waals surface area contributed by atoms with Crippen molar-refractivity contribution in [2.45, 2.75) is 26.2 Å². The number of hydrogen-bond acceptors (Lipinski definition) is 3. The number of carbonyl (C=O) groups excluding carboxylic acids is 2. The summed E-state index contributed by atoms with van der Waals surface area (Å²) in [5.74, 6) is 0.268. The van der Waals surface area contributed by atoms with Crippen molar-refractivity contribution >= 4 is 11.6 Å². The van der Waals surface area contributed by atoms with Gasteiger partial charge >= 0.3 is 0 Å². The van der Waals surface area contributed by atoms with Crippen LogP contribution in [0.25, 0.3) is 0 Å². The number of Topliss-reactive ketones (excluding diaryl/α,β-unsaturated/α-hetero) is 2. The van der Waals surface area contributed by atoms with E-state index >= 15 is 0 Å². The molecule has 0 unspecified atom stereocenters. The van der Waals surface area contributed by atoms with E-state index in [1.165, 1.54) is 6.92 Å². The molecule has 1 heterocycles. The van der Waals surface area contributed by atoms with Crippen LogP contribution in [0.4, 0.5) is 0 Å². The average molecular weight is 183 g/mol. The number of hydrogen-bond donors (Lipinski definition) is 0. The minimum atomic E-state index is -0.0103. The molecule has 13 heavy (non-hydrogen) atoms. The van der Waals surface area contributed by atoms with E-state index in [0.29, 0.717) is 0 Å². The van der Waals surface area contributed by atoms with Crippen LogP contribution >= 0.6 is 0 Å². The number of rotatable bonds is 3. The summed E-state index contributed by atoms with van der Waals surface area (Å²) in [5, 5.41) is 0. The van der Waals surface area contributed by atoms with Gasteiger partial charge in [-0.2, -0.15) is 0 Å². The van der Waals surface area contributed by atoms with Gasteiger partial charge in [0.2, 0.25) is 0 Å². The lowest BCUT2D eigenvalue weighted by Crippen LogP contribution is -2.34. The van der Waals surface area contributed by atoms with Gasteiger partial charge in [-0.05, 0) is 39.9 Å². The van der Waals surface area contributed by atoms with Gasteiger partial charge in [0.1, 0.15) is 11.6 Å². The van der Waals surface area contributed by atoms with Gasteiger partial charge in [0, 0.05) is 5.92 Å². The predicted octanol–water partition coefficient (Wildman–Crippen LogP) is 0.876. The van der Waals surface area contributed by atoms with Crippen LogP contribution in [0.2, 0.25) is 0 Å². The second-order valence-electron chi connectivity index (χ2n) is 3.92. The van der Waals surface area contributed by atoms with Crippen LogP contribution in [0.5, 0.6) is 0 Å². The highest BCUT2D eigenvalue weighted by atomic mass is 16.1. The Kier molecular flexibility index (Phi) is 3.60. The molecule has 3 heteroatoms. The molecule has 3 nitrogen and oxygen atoms in total. The summed E-state index contributed by atoms with van der Waals surface area (Å²) in [5.41, 5.74) is 0. The smallest absolute Gasteiger partial charge is 0.143 e. The molecule has 0 atom stereocenters. The van der Waals surface area contributed by atoms with Gasteiger partial charge < -0.3 is 4.90 Å². The molecule has 0 bridgehead atoms. The molecule has 0 amide bonds. The molecule has 0 aliphatic carbocycles. The lowest BCUT2D eigenvalue weighted by atomic mass is 9.90. The van der Waals surface area contributed by atoms with E-state index in [2.05, 4.69) is 11.9 Å². The van der Waals surface area contributed by atoms with E-state index in [1.807, 2.05) is 0 Å². The van der Waals surface area contributed by atoms with Crippen molar-refractivity contribution in [1.82, 2.24) is 4.90 Å². The number of ketones is 2. The van der Waals surface area contributed by atoms with Crippen LogP contribution in [-0.2, 0) is 9.59 Å². The highest BCUT2D eigenvalue weighted by Gasteiger charge is 2.23. The summed E-state index contributed by atoms with van der Waals surface area (Å²) < 4.78 is 0. The standard InChI is InChI=1S/C10H17NO2/c1-8(12)7-10(13)9-3-5-11(2)6-4-9/h9H,3-7H2,1-2H3. The third-order valence-corrected chi connectivity index (χ3v) is 2.60. The zero-order valence-electron chi connectivity index (χ0n) is 8.38. The van der Waals surface area contributed by atoms with Gasteiger partial charge in [0.05, 0.1) is 6.42 Å². The summed E-state index contributed by atoms with van der Waals surface area (Å²) in [6, 6.07) is 0. The molecule has 1 saturated heterocycles. The molecule has 0 aromatic carbocycles. The Morgan fingerprint density at radius 3 is 2.31 bits per heavy atom. The number of carbonyl (C=O) groups is 2. The second-order valence-corrected chi connectivity index (χ2v) is 3.92. The summed E-state index contributed by atoms with van der Waals surface area (Å²) in [7, 11) is 2.06. The van der Waals surface area contributed by atoms with Crippen LogP contribution in [0, 0.1) is 5.92 Å². The van der Waals surface area contributed by atoms with Crippen molar-refractivity contribution in [3.63, 3.8) is 0 Å². The van der Waals surface area contributed by atoms with Crippen LogP contribution in [0.3, 0.4) is 0 Å². The normalized spacial score (nSPS) is 20.2. The van der Waals surface area contributed by atoms with Gasteiger partial charge in [-0.1, -0.05) is 0 Å². The first kappa shape index (κ1) is 10.4. The highest BCUT2D eigenvalue weighted by molar-refractivity contribution is 5.99. The quantitative estimate of drug-likeness (QED) is 0.609. The van der Waals surface area contributed by atoms with Crippen molar-refractivity contribution in [2.24, 2.45) is 5.92 Å². The molecule has 74 valence electrons. The van der Waals surface area contributed by atoms with Crippen LogP contribution in [0.15, 0.2) is 0 Å². The summed E-state index contributed by atoms with van der Waals surface area (Å²) in [6.07, 6.45) is 1.97. The summed E-state index contributed by atoms with van der Waals surface area (Å²) >= 11 is 0. The van der Waals surface area contributed by atoms with Gasteiger partial charge in [-0.25, -0.2) is 0 Å². The van der Waals surface area contributed by atoms with Gasteiger partial charge in [0.25, 0.3) is 0 Å². The number of piperidine rings is 1. The monoisotopic (exact) mass is 183 g/mol. The van der Waals surface area contributed by atoms with Crippen molar-refractivity contribution in [3.05, 3.63) is 0 Å². The fourth-order valence-electron chi connectivity index (χ4n) is 1.72. The maximum atomic E-state index is 11.5. The highest BCUT2D eigenvalue weighted by Crippen LogP contribution is 2.18. The molecule has 1 fully saturated rings. The number of likely N-dealkylation sites (tertiary alicyclic amines) is 1. The minimum Gasteiger partial charge on any atom is -0.306 e. The fourth-order valence-corrected chi connectivity index (χ4v) is 1.72. The van der Waals surface area contributed by atoms with E-state index in [1.54, 1.807) is 0 Å². The minimum absolute atomic E-state index is 0.0103. The molecule has 1 rings (SSSR count). The maximum Gasteiger partial charge on any atom is 0.143 e. The molecule has 0 aromatic heterocycles. The summed E-state index contributed by atoms with van der Waals surface area (Å²) in [6.45, 7) is 3.44. The number of nitrogens with zero attached hydrogens (tertiary/aromatic N) is 1. The SMILES string of the molecule is CC(=O)CC(=O)C1CCN(C)CC1. The van der Waals surface area contributed by atoms with Crippen molar-refractivity contribution < 1.29 is 9.59 Å². The van der Waals surface area contributed by atoms with Crippen molar-refractivity contribution in [3.8, 4) is 0 Å². The third-order valence-electron chi connectivity index (χ3n) is 2.60. The topological polar surface area (TPSA) is 37.4 Å². The van der Waals surface area contributed by atoms with Crippen molar-refractivity contribution in [1.29, 1.82) is 0 Å². The first-order valence-corrected chi connectivity index (χ1v) is 4.80. The Morgan fingerprint density at radius 1 is 1.31 bits per heavy atom. The first-order valence-electron chi connectivity index (χ1n) is 4.80. The molecule has 0 aromatic rings. The van der Waals surface area contributed by atoms with Gasteiger partial charge in [0.15, 0.2) is 0 Å². The lowest BCUT2D eigenvalue weighted by Gasteiger charge is -2.27. The van der Waals surface area contributed by atoms with Crippen LogP contribution < -0.4 is 0 Å². The van der Waals surface area contributed by atoms with Crippen LogP contribution in [-0.4, -0.2) is 36.6 Å². The van der Waals surface area contributed by atoms with E-state index in [0.717, 1.165) is 25.9 Å². The second kappa shape index (κ2) is 4.51. The van der Waals surface area contributed by atoms with E-state index in [4.69, 9.17) is 0 Å².